The largest absolute Gasteiger partial charge is 0.497 e. The highest BCUT2D eigenvalue weighted by Crippen LogP contribution is 2.18. The lowest BCUT2D eigenvalue weighted by atomic mass is 9.95. The maximum absolute atomic E-state index is 12.9. The first kappa shape index (κ1) is 22.3. The lowest BCUT2D eigenvalue weighted by Crippen LogP contribution is -2.46. The number of carbonyl (C=O) groups is 3. The number of hydrogen-bond donors (Lipinski definition) is 2. The van der Waals surface area contributed by atoms with Crippen LogP contribution in [0.4, 0.5) is 4.39 Å². The van der Waals surface area contributed by atoms with Crippen molar-refractivity contribution >= 4 is 17.7 Å². The Balaban J connectivity index is 1.38. The van der Waals surface area contributed by atoms with E-state index in [1.54, 1.807) is 12.0 Å². The van der Waals surface area contributed by atoms with Crippen LogP contribution in [-0.4, -0.2) is 49.4 Å². The van der Waals surface area contributed by atoms with Crippen molar-refractivity contribution in [2.24, 2.45) is 5.92 Å². The quantitative estimate of drug-likeness (QED) is 0.709. The van der Waals surface area contributed by atoms with Gasteiger partial charge in [0.1, 0.15) is 11.6 Å². The van der Waals surface area contributed by atoms with E-state index in [1.165, 1.54) is 24.3 Å². The number of likely N-dealkylation sites (tertiary alicyclic amines) is 1. The van der Waals surface area contributed by atoms with Gasteiger partial charge in [0.2, 0.25) is 11.8 Å². The van der Waals surface area contributed by atoms with E-state index >= 15 is 0 Å². The fourth-order valence-electron chi connectivity index (χ4n) is 3.44. The molecule has 0 bridgehead atoms. The molecule has 0 aliphatic carbocycles. The molecule has 3 rings (SSSR count). The minimum Gasteiger partial charge on any atom is -0.497 e. The predicted molar refractivity (Wildman–Crippen MR) is 113 cm³/mol. The van der Waals surface area contributed by atoms with E-state index in [0.29, 0.717) is 38.0 Å². The summed E-state index contributed by atoms with van der Waals surface area (Å²) in [4.78, 5) is 38.5. The van der Waals surface area contributed by atoms with Crippen molar-refractivity contribution in [2.45, 2.75) is 19.4 Å². The number of rotatable bonds is 7. The van der Waals surface area contributed by atoms with Gasteiger partial charge in [0, 0.05) is 31.1 Å². The van der Waals surface area contributed by atoms with E-state index in [2.05, 4.69) is 10.6 Å². The lowest BCUT2D eigenvalue weighted by Gasteiger charge is -2.31. The molecule has 31 heavy (non-hydrogen) atoms. The van der Waals surface area contributed by atoms with Crippen LogP contribution in [0.25, 0.3) is 0 Å². The van der Waals surface area contributed by atoms with Crippen molar-refractivity contribution in [1.29, 1.82) is 0 Å². The molecule has 8 heteroatoms. The Morgan fingerprint density at radius 2 is 1.65 bits per heavy atom. The van der Waals surface area contributed by atoms with E-state index in [9.17, 15) is 18.8 Å². The van der Waals surface area contributed by atoms with Crippen LogP contribution in [0.3, 0.4) is 0 Å². The van der Waals surface area contributed by atoms with Gasteiger partial charge in [-0.15, -0.1) is 0 Å². The number of nitrogens with one attached hydrogen (secondary N) is 2. The first-order valence-corrected chi connectivity index (χ1v) is 10.2. The fraction of sp³-hybridized carbons (Fsp3) is 0.348. The van der Waals surface area contributed by atoms with Crippen LogP contribution in [0.2, 0.25) is 0 Å². The van der Waals surface area contributed by atoms with Gasteiger partial charge in [0.15, 0.2) is 0 Å². The summed E-state index contributed by atoms with van der Waals surface area (Å²) in [5, 5.41) is 5.50. The van der Waals surface area contributed by atoms with Crippen LogP contribution < -0.4 is 15.4 Å². The Morgan fingerprint density at radius 3 is 2.26 bits per heavy atom. The lowest BCUT2D eigenvalue weighted by molar-refractivity contribution is -0.134. The molecule has 0 atom stereocenters. The topological polar surface area (TPSA) is 87.7 Å². The normalized spacial score (nSPS) is 14.1. The van der Waals surface area contributed by atoms with Crippen molar-refractivity contribution in [3.05, 3.63) is 65.5 Å². The van der Waals surface area contributed by atoms with Gasteiger partial charge in [-0.3, -0.25) is 14.4 Å². The zero-order valence-corrected chi connectivity index (χ0v) is 17.4. The van der Waals surface area contributed by atoms with Gasteiger partial charge in [-0.25, -0.2) is 4.39 Å². The van der Waals surface area contributed by atoms with E-state index in [-0.39, 0.29) is 24.3 Å². The summed E-state index contributed by atoms with van der Waals surface area (Å²) in [7, 11) is 1.60. The third kappa shape index (κ3) is 6.28. The number of carbonyl (C=O) groups excluding carboxylic acids is 3. The smallest absolute Gasteiger partial charge is 0.251 e. The number of methoxy groups -OCH3 is 1. The van der Waals surface area contributed by atoms with E-state index in [0.717, 1.165) is 11.3 Å². The molecule has 1 saturated heterocycles. The Labute approximate surface area is 180 Å². The third-order valence-corrected chi connectivity index (χ3v) is 5.35. The maximum atomic E-state index is 12.9. The second kappa shape index (κ2) is 10.6. The second-order valence-corrected chi connectivity index (χ2v) is 7.41. The SMILES string of the molecule is COc1ccc(CNC(=O)C2CCN(C(=O)CNC(=O)c3ccc(F)cc3)CC2)cc1. The number of nitrogens with zero attached hydrogens (tertiary/aromatic N) is 1. The van der Waals surface area contributed by atoms with Crippen LogP contribution in [0.15, 0.2) is 48.5 Å². The minimum atomic E-state index is -0.429. The monoisotopic (exact) mass is 427 g/mol. The number of halogens is 1. The molecular formula is C23H26FN3O4. The average molecular weight is 427 g/mol. The average Bonchev–Trinajstić information content (AvgIpc) is 2.81. The molecule has 0 aromatic heterocycles. The summed E-state index contributed by atoms with van der Waals surface area (Å²) in [6.45, 7) is 1.24. The molecule has 0 radical (unpaired) electrons. The first-order valence-electron chi connectivity index (χ1n) is 10.2. The van der Waals surface area contributed by atoms with E-state index in [1.807, 2.05) is 24.3 Å². The molecule has 1 aliphatic rings. The third-order valence-electron chi connectivity index (χ3n) is 5.35. The van der Waals surface area contributed by atoms with Crippen LogP contribution in [0.1, 0.15) is 28.8 Å². The first-order chi connectivity index (χ1) is 15.0. The van der Waals surface area contributed by atoms with Crippen LogP contribution in [0.5, 0.6) is 5.75 Å². The second-order valence-electron chi connectivity index (χ2n) is 7.41. The summed E-state index contributed by atoms with van der Waals surface area (Å²) in [6.07, 6.45) is 1.15. The summed E-state index contributed by atoms with van der Waals surface area (Å²) >= 11 is 0. The molecular weight excluding hydrogens is 401 g/mol. The van der Waals surface area contributed by atoms with Gasteiger partial charge in [-0.1, -0.05) is 12.1 Å². The fourth-order valence-corrected chi connectivity index (χ4v) is 3.44. The zero-order valence-electron chi connectivity index (χ0n) is 17.4. The molecule has 2 aromatic carbocycles. The molecule has 1 aliphatic heterocycles. The maximum Gasteiger partial charge on any atom is 0.251 e. The molecule has 0 saturated carbocycles. The van der Waals surface area contributed by atoms with E-state index in [4.69, 9.17) is 4.74 Å². The molecule has 2 N–H and O–H groups in total. The van der Waals surface area contributed by atoms with Crippen molar-refractivity contribution in [3.63, 3.8) is 0 Å². The van der Waals surface area contributed by atoms with Gasteiger partial charge in [-0.2, -0.15) is 0 Å². The molecule has 3 amide bonds. The van der Waals surface area contributed by atoms with Crippen molar-refractivity contribution in [2.75, 3.05) is 26.7 Å². The molecule has 164 valence electrons. The van der Waals surface area contributed by atoms with Crippen molar-refractivity contribution in [3.8, 4) is 5.75 Å². The summed E-state index contributed by atoms with van der Waals surface area (Å²) < 4.78 is 18.1. The van der Waals surface area contributed by atoms with Crippen LogP contribution in [0, 0.1) is 11.7 Å². The zero-order chi connectivity index (χ0) is 22.2. The molecule has 7 nitrogen and oxygen atoms in total. The summed E-state index contributed by atoms with van der Waals surface area (Å²) in [5.41, 5.74) is 1.28. The summed E-state index contributed by atoms with van der Waals surface area (Å²) in [6, 6.07) is 12.6. The number of benzene rings is 2. The van der Waals surface area contributed by atoms with E-state index < -0.39 is 11.7 Å². The van der Waals surface area contributed by atoms with Crippen LogP contribution in [-0.2, 0) is 16.1 Å². The molecule has 1 heterocycles. The molecule has 1 fully saturated rings. The van der Waals surface area contributed by atoms with Crippen LogP contribution >= 0.6 is 0 Å². The highest BCUT2D eigenvalue weighted by atomic mass is 19.1. The van der Waals surface area contributed by atoms with Gasteiger partial charge >= 0.3 is 0 Å². The van der Waals surface area contributed by atoms with Gasteiger partial charge in [-0.05, 0) is 54.8 Å². The highest BCUT2D eigenvalue weighted by Gasteiger charge is 2.27. The van der Waals surface area contributed by atoms with Gasteiger partial charge in [0.05, 0.1) is 13.7 Å². The highest BCUT2D eigenvalue weighted by molar-refractivity contribution is 5.96. The minimum absolute atomic E-state index is 0.0208. The molecule has 0 unspecified atom stereocenters. The van der Waals surface area contributed by atoms with Gasteiger partial charge in [0.25, 0.3) is 5.91 Å². The van der Waals surface area contributed by atoms with Crippen molar-refractivity contribution < 1.29 is 23.5 Å². The number of amides is 3. The van der Waals surface area contributed by atoms with Gasteiger partial charge < -0.3 is 20.3 Å². The summed E-state index contributed by atoms with van der Waals surface area (Å²) in [5.74, 6) is -0.457. The standard InChI is InChI=1S/C23H26FN3O4/c1-31-20-8-2-16(3-9-20)14-25-23(30)18-10-12-27(13-11-18)21(28)15-26-22(29)17-4-6-19(24)7-5-17/h2-9,18H,10-15H2,1H3,(H,25,30)(H,26,29). The Morgan fingerprint density at radius 1 is 1.00 bits per heavy atom. The molecule has 0 spiro atoms. The number of ether oxygens (including phenoxy) is 1. The Bertz CT molecular complexity index is 907. The van der Waals surface area contributed by atoms with Crippen molar-refractivity contribution in [1.82, 2.24) is 15.5 Å². The Hall–Kier alpha value is -3.42. The Kier molecular flexibility index (Phi) is 7.59. The predicted octanol–water partition coefficient (Wildman–Crippen LogP) is 2.12. The number of piperidine rings is 1. The number of hydrogen-bond acceptors (Lipinski definition) is 4. The molecule has 2 aromatic rings.